The summed E-state index contributed by atoms with van der Waals surface area (Å²) >= 11 is 0. The third-order valence-corrected chi connectivity index (χ3v) is 12.0. The number of carbonyl (C=O) groups excluding carboxylic acids is 1. The molecule has 8 nitrogen and oxygen atoms in total. The highest BCUT2D eigenvalue weighted by molar-refractivity contribution is 7.92. The molecule has 242 valence electrons. The maximum atomic E-state index is 15.0. The van der Waals surface area contributed by atoms with E-state index in [0.29, 0.717) is 12.1 Å². The number of amides is 1. The molecule has 0 aromatic heterocycles. The molecule has 1 amide bonds. The summed E-state index contributed by atoms with van der Waals surface area (Å²) in [5.41, 5.74) is -9.57. The van der Waals surface area contributed by atoms with E-state index in [2.05, 4.69) is 0 Å². The summed E-state index contributed by atoms with van der Waals surface area (Å²) in [6.07, 6.45) is -13.8. The highest BCUT2D eigenvalue weighted by Gasteiger charge is 2.74. The highest BCUT2D eigenvalue weighted by Crippen LogP contribution is 2.59. The first-order chi connectivity index (χ1) is 20.1. The van der Waals surface area contributed by atoms with E-state index in [0.717, 1.165) is 24.3 Å². The van der Waals surface area contributed by atoms with Crippen LogP contribution in [0.3, 0.4) is 0 Å². The monoisotopic (exact) mass is 678 g/mol. The quantitative estimate of drug-likeness (QED) is 0.265. The molecular formula is C26H25F8NO7PS+. The number of aryl methyl sites for hydroxylation is 1. The summed E-state index contributed by atoms with van der Waals surface area (Å²) in [5.74, 6) is -1.50. The first kappa shape index (κ1) is 32.9. The van der Waals surface area contributed by atoms with Gasteiger partial charge < -0.3 is 4.90 Å². The van der Waals surface area contributed by atoms with Gasteiger partial charge in [-0.05, 0) is 61.6 Å². The minimum atomic E-state index is -6.40. The van der Waals surface area contributed by atoms with E-state index in [1.807, 2.05) is 0 Å². The molecule has 2 saturated heterocycles. The Balaban J connectivity index is 1.66. The Morgan fingerprint density at radius 1 is 0.977 bits per heavy atom. The van der Waals surface area contributed by atoms with Crippen LogP contribution < -0.4 is 0 Å². The summed E-state index contributed by atoms with van der Waals surface area (Å²) in [4.78, 5) is 33.9. The smallest absolute Gasteiger partial charge is 0.337 e. The zero-order chi connectivity index (χ0) is 32.7. The first-order valence-corrected chi connectivity index (χ1v) is 16.0. The van der Waals surface area contributed by atoms with Gasteiger partial charge in [0.15, 0.2) is 9.84 Å². The van der Waals surface area contributed by atoms with E-state index in [-0.39, 0.29) is 43.0 Å². The summed E-state index contributed by atoms with van der Waals surface area (Å²) in [6, 6.07) is 3.67. The van der Waals surface area contributed by atoms with Gasteiger partial charge in [-0.3, -0.25) is 4.79 Å². The van der Waals surface area contributed by atoms with Crippen LogP contribution in [0, 0.1) is 11.2 Å². The largest absolute Gasteiger partial charge is 0.570 e. The molecule has 0 spiro atoms. The van der Waals surface area contributed by atoms with E-state index in [9.17, 15) is 58.1 Å². The van der Waals surface area contributed by atoms with Crippen molar-refractivity contribution in [3.05, 3.63) is 65.0 Å². The van der Waals surface area contributed by atoms with Crippen LogP contribution in [0.1, 0.15) is 36.5 Å². The molecule has 3 aliphatic rings. The molecule has 2 heterocycles. The third-order valence-electron chi connectivity index (χ3n) is 8.55. The van der Waals surface area contributed by atoms with Crippen molar-refractivity contribution in [2.45, 2.75) is 59.9 Å². The molecule has 2 fully saturated rings. The Labute approximate surface area is 246 Å². The molecule has 2 aliphatic heterocycles. The van der Waals surface area contributed by atoms with Crippen LogP contribution in [-0.2, 0) is 40.5 Å². The number of sulfone groups is 1. The van der Waals surface area contributed by atoms with Gasteiger partial charge in [-0.25, -0.2) is 17.2 Å². The second kappa shape index (κ2) is 10.3. The van der Waals surface area contributed by atoms with E-state index in [4.69, 9.17) is 9.05 Å². The predicted molar refractivity (Wildman–Crippen MR) is 136 cm³/mol. The fourth-order valence-corrected chi connectivity index (χ4v) is 9.65. The van der Waals surface area contributed by atoms with Gasteiger partial charge in [0, 0.05) is 12.1 Å². The number of alkyl halides is 7. The molecule has 0 bridgehead atoms. The number of likely N-dealkylation sites (tertiary alicyclic amines) is 1. The molecule has 18 heteroatoms. The van der Waals surface area contributed by atoms with Crippen molar-refractivity contribution in [3.8, 4) is 0 Å². The van der Waals surface area contributed by atoms with Crippen LogP contribution in [0.25, 0.3) is 0 Å². The van der Waals surface area contributed by atoms with Crippen LogP contribution in [0.5, 0.6) is 0 Å². The first-order valence-electron chi connectivity index (χ1n) is 13.0. The van der Waals surface area contributed by atoms with Crippen molar-refractivity contribution in [1.29, 1.82) is 0 Å². The molecule has 1 aliphatic carbocycles. The van der Waals surface area contributed by atoms with Gasteiger partial charge in [0.25, 0.3) is 0 Å². The molecule has 2 aromatic carbocycles. The predicted octanol–water partition coefficient (Wildman–Crippen LogP) is 5.05. The molecule has 2 aromatic rings. The average molecular weight is 679 g/mol. The number of fused-ring (bicyclic) bond motifs is 3. The summed E-state index contributed by atoms with van der Waals surface area (Å²) in [5, 5.41) is 0. The molecule has 5 rings (SSSR count). The molecular weight excluding hydrogens is 653 g/mol. The van der Waals surface area contributed by atoms with E-state index < -0.39 is 87.6 Å². The number of hydrogen-bond donors (Lipinski definition) is 2. The van der Waals surface area contributed by atoms with Gasteiger partial charge in [-0.15, -0.1) is 0 Å². The summed E-state index contributed by atoms with van der Waals surface area (Å²) < 4.78 is 146. The Morgan fingerprint density at radius 2 is 1.55 bits per heavy atom. The van der Waals surface area contributed by atoms with Crippen molar-refractivity contribution >= 4 is 23.9 Å². The number of nitrogens with zero attached hydrogens (tertiary/aromatic N) is 1. The van der Waals surface area contributed by atoms with Gasteiger partial charge in [0.05, 0.1) is 10.9 Å². The number of hydrogen-bond acceptors (Lipinski definition) is 7. The van der Waals surface area contributed by atoms with E-state index >= 15 is 0 Å². The van der Waals surface area contributed by atoms with Crippen molar-refractivity contribution in [2.75, 3.05) is 19.8 Å². The third kappa shape index (κ3) is 4.81. The van der Waals surface area contributed by atoms with Gasteiger partial charge >= 0.3 is 26.2 Å². The Morgan fingerprint density at radius 3 is 2.09 bits per heavy atom. The number of rotatable bonds is 4. The fraction of sp³-hybridized carbons (Fsp3) is 0.500. The van der Waals surface area contributed by atoms with Gasteiger partial charge in [-0.2, -0.15) is 45.2 Å². The van der Waals surface area contributed by atoms with Gasteiger partial charge in [-0.1, -0.05) is 18.2 Å². The zero-order valence-corrected chi connectivity index (χ0v) is 24.3. The highest BCUT2D eigenvalue weighted by atomic mass is 32.2. The van der Waals surface area contributed by atoms with E-state index in [1.54, 1.807) is 0 Å². The van der Waals surface area contributed by atoms with Crippen LogP contribution in [0.15, 0.2) is 47.4 Å². The lowest BCUT2D eigenvalue weighted by atomic mass is 9.76. The summed E-state index contributed by atoms with van der Waals surface area (Å²) in [7, 11) is -8.84. The second-order valence-electron chi connectivity index (χ2n) is 11.3. The van der Waals surface area contributed by atoms with E-state index in [1.165, 1.54) is 11.8 Å². The van der Waals surface area contributed by atoms with Crippen LogP contribution in [0.2, 0.25) is 0 Å². The molecule has 0 radical (unpaired) electrons. The SMILES string of the molecule is CC1(C(=O)N2CC[C@@]3(S(=O)(=O)c4ccc(F)cc4)c4ccc(C(F)(C(F)(F)F)C(F)(F)F)cc4CC[C@@H]23)CO[P+](O)(O)OC1. The van der Waals surface area contributed by atoms with Crippen LogP contribution >= 0.6 is 8.17 Å². The minimum absolute atomic E-state index is 0.221. The Kier molecular flexibility index (Phi) is 7.71. The Hall–Kier alpha value is -2.43. The van der Waals surface area contributed by atoms with Crippen molar-refractivity contribution in [1.82, 2.24) is 4.90 Å². The molecule has 0 unspecified atom stereocenters. The number of halogens is 8. The zero-order valence-electron chi connectivity index (χ0n) is 22.6. The lowest BCUT2D eigenvalue weighted by Gasteiger charge is -2.44. The second-order valence-corrected chi connectivity index (χ2v) is 15.0. The number of benzene rings is 2. The fourth-order valence-electron chi connectivity index (χ4n) is 6.30. The van der Waals surface area contributed by atoms with Crippen molar-refractivity contribution in [2.24, 2.45) is 5.41 Å². The van der Waals surface area contributed by atoms with Crippen LogP contribution in [-0.4, -0.2) is 67.2 Å². The standard InChI is InChI=1S/C26H25F8NO7PS/c1-22(13-41-43(37,38)42-14-22)21(36)35-11-10-23(44(39,40)18-6-4-17(27)5-7-18)19-8-3-16(12-15(19)2-9-20(23)35)24(28,25(29,30)31)26(32,33)34/h3-8,12,20,37-38H,2,9-11,13-14H2,1H3/q+1/t20-,23-/m1/s1. The lowest BCUT2D eigenvalue weighted by Crippen LogP contribution is -2.56. The lowest BCUT2D eigenvalue weighted by molar-refractivity contribution is -0.348. The van der Waals surface area contributed by atoms with Gasteiger partial charge in [0.1, 0.15) is 29.2 Å². The minimum Gasteiger partial charge on any atom is -0.337 e. The molecule has 44 heavy (non-hydrogen) atoms. The molecule has 0 saturated carbocycles. The van der Waals surface area contributed by atoms with Crippen LogP contribution in [0.4, 0.5) is 35.1 Å². The topological polar surface area (TPSA) is 113 Å². The molecule has 2 N–H and O–H groups in total. The number of carbonyl (C=O) groups is 1. The van der Waals surface area contributed by atoms with Crippen molar-refractivity contribution < 1.29 is 67.2 Å². The maximum absolute atomic E-state index is 15.0. The Bertz CT molecular complexity index is 1560. The summed E-state index contributed by atoms with van der Waals surface area (Å²) in [6.45, 7) is 0.0977. The van der Waals surface area contributed by atoms with Crippen molar-refractivity contribution in [3.63, 3.8) is 0 Å². The molecule has 2 atom stereocenters. The maximum Gasteiger partial charge on any atom is 0.570 e. The average Bonchev–Trinajstić information content (AvgIpc) is 3.34. The normalized spacial score (nSPS) is 25.3. The van der Waals surface area contributed by atoms with Gasteiger partial charge in [0.2, 0.25) is 5.91 Å².